The van der Waals surface area contributed by atoms with Gasteiger partial charge in [0, 0.05) is 17.6 Å². The number of hydrogen-bond acceptors (Lipinski definition) is 3. The summed E-state index contributed by atoms with van der Waals surface area (Å²) >= 11 is 3.55. The maximum absolute atomic E-state index is 13.2. The number of rotatable bonds is 12. The van der Waals surface area contributed by atoms with Crippen LogP contribution in [-0.2, 0) is 16.0 Å². The number of carbonyl (C=O) groups excluding carboxylic acids is 2. The predicted molar refractivity (Wildman–Crippen MR) is 133 cm³/mol. The first kappa shape index (κ1) is 25.9. The van der Waals surface area contributed by atoms with Gasteiger partial charge in [0.1, 0.15) is 11.8 Å². The van der Waals surface area contributed by atoms with Crippen LogP contribution in [0, 0.1) is 13.8 Å². The molecular formula is C26H35BrN2O3. The number of carbonyl (C=O) groups is 2. The van der Waals surface area contributed by atoms with Gasteiger partial charge >= 0.3 is 0 Å². The topological polar surface area (TPSA) is 58.6 Å². The van der Waals surface area contributed by atoms with Gasteiger partial charge in [-0.15, -0.1) is 0 Å². The molecule has 2 aromatic rings. The average molecular weight is 503 g/mol. The second-order valence-electron chi connectivity index (χ2n) is 8.05. The molecule has 1 atom stereocenters. The Bertz CT molecular complexity index is 863. The average Bonchev–Trinajstić information content (AvgIpc) is 2.79. The van der Waals surface area contributed by atoms with E-state index in [2.05, 4.69) is 28.2 Å². The van der Waals surface area contributed by atoms with E-state index in [-0.39, 0.29) is 18.4 Å². The third kappa shape index (κ3) is 7.66. The molecule has 0 fully saturated rings. The van der Waals surface area contributed by atoms with E-state index >= 15 is 0 Å². The van der Waals surface area contributed by atoms with Crippen LogP contribution >= 0.6 is 15.9 Å². The standard InChI is InChI=1S/C26H35BrN2O3/c1-5-7-14-28-26(31)23(6-2)29(15-13-21-11-9-8-10-12-21)24(30)18-32-22-16-19(3)25(27)20(4)17-22/h8-12,16-17,23H,5-7,13-15,18H2,1-4H3,(H,28,31). The van der Waals surface area contributed by atoms with Gasteiger partial charge in [-0.25, -0.2) is 0 Å². The molecule has 0 radical (unpaired) electrons. The number of hydrogen-bond donors (Lipinski definition) is 1. The molecular weight excluding hydrogens is 468 g/mol. The van der Waals surface area contributed by atoms with Crippen LogP contribution in [0.2, 0.25) is 0 Å². The highest BCUT2D eigenvalue weighted by Gasteiger charge is 2.28. The van der Waals surface area contributed by atoms with Crippen molar-refractivity contribution in [3.05, 3.63) is 63.6 Å². The third-order valence-corrected chi connectivity index (χ3v) is 6.72. The Kier molecular flexibility index (Phi) is 10.7. The van der Waals surface area contributed by atoms with Crippen LogP contribution in [0.5, 0.6) is 5.75 Å². The van der Waals surface area contributed by atoms with E-state index in [1.54, 1.807) is 4.90 Å². The van der Waals surface area contributed by atoms with Gasteiger partial charge in [-0.1, -0.05) is 66.5 Å². The number of nitrogens with one attached hydrogen (secondary N) is 1. The summed E-state index contributed by atoms with van der Waals surface area (Å²) < 4.78 is 6.88. The molecule has 0 saturated carbocycles. The largest absolute Gasteiger partial charge is 0.484 e. The van der Waals surface area contributed by atoms with E-state index < -0.39 is 6.04 Å². The second kappa shape index (κ2) is 13.3. The molecule has 1 N–H and O–H groups in total. The fraction of sp³-hybridized carbons (Fsp3) is 0.462. The van der Waals surface area contributed by atoms with Gasteiger partial charge < -0.3 is 15.0 Å². The van der Waals surface area contributed by atoms with Gasteiger partial charge in [0.2, 0.25) is 5.91 Å². The summed E-state index contributed by atoms with van der Waals surface area (Å²) in [6, 6.07) is 13.3. The molecule has 6 heteroatoms. The van der Waals surface area contributed by atoms with Gasteiger partial charge in [-0.05, 0) is 61.9 Å². The Morgan fingerprint density at radius 3 is 2.34 bits per heavy atom. The van der Waals surface area contributed by atoms with Gasteiger partial charge in [0.15, 0.2) is 6.61 Å². The molecule has 0 saturated heterocycles. The van der Waals surface area contributed by atoms with Gasteiger partial charge in [0.25, 0.3) is 5.91 Å². The monoisotopic (exact) mass is 502 g/mol. The van der Waals surface area contributed by atoms with E-state index in [1.165, 1.54) is 0 Å². The highest BCUT2D eigenvalue weighted by atomic mass is 79.9. The number of amides is 2. The minimum atomic E-state index is -0.514. The number of nitrogens with zero attached hydrogens (tertiary/aromatic N) is 1. The van der Waals surface area contributed by atoms with Crippen molar-refractivity contribution in [1.82, 2.24) is 10.2 Å². The van der Waals surface area contributed by atoms with E-state index in [1.807, 2.05) is 63.2 Å². The van der Waals surface area contributed by atoms with Gasteiger partial charge in [-0.2, -0.15) is 0 Å². The van der Waals surface area contributed by atoms with Crippen LogP contribution in [0.3, 0.4) is 0 Å². The van der Waals surface area contributed by atoms with Crippen molar-refractivity contribution in [1.29, 1.82) is 0 Å². The molecule has 0 heterocycles. The van der Waals surface area contributed by atoms with Crippen LogP contribution in [0.4, 0.5) is 0 Å². The first-order chi connectivity index (χ1) is 15.4. The van der Waals surface area contributed by atoms with E-state index in [0.29, 0.717) is 31.7 Å². The molecule has 174 valence electrons. The lowest BCUT2D eigenvalue weighted by Gasteiger charge is -2.30. The molecule has 0 bridgehead atoms. The molecule has 0 spiro atoms. The quantitative estimate of drug-likeness (QED) is 0.405. The normalized spacial score (nSPS) is 11.7. The minimum absolute atomic E-state index is 0.0994. The van der Waals surface area contributed by atoms with Crippen LogP contribution in [0.15, 0.2) is 46.9 Å². The lowest BCUT2D eigenvalue weighted by atomic mass is 10.1. The summed E-state index contributed by atoms with van der Waals surface area (Å²) in [5.74, 6) is 0.370. The summed E-state index contributed by atoms with van der Waals surface area (Å²) in [5.41, 5.74) is 3.23. The molecule has 2 aromatic carbocycles. The van der Waals surface area contributed by atoms with Crippen molar-refractivity contribution in [3.8, 4) is 5.75 Å². The molecule has 32 heavy (non-hydrogen) atoms. The van der Waals surface area contributed by atoms with Crippen LogP contribution < -0.4 is 10.1 Å². The van der Waals surface area contributed by atoms with Crippen molar-refractivity contribution < 1.29 is 14.3 Å². The summed E-state index contributed by atoms with van der Waals surface area (Å²) in [7, 11) is 0. The Hall–Kier alpha value is -2.34. The van der Waals surface area contributed by atoms with Crippen molar-refractivity contribution in [2.75, 3.05) is 19.7 Å². The van der Waals surface area contributed by atoms with Crippen molar-refractivity contribution in [2.45, 2.75) is 59.4 Å². The highest BCUT2D eigenvalue weighted by Crippen LogP contribution is 2.26. The van der Waals surface area contributed by atoms with Crippen LogP contribution in [0.25, 0.3) is 0 Å². The Morgan fingerprint density at radius 2 is 1.75 bits per heavy atom. The fourth-order valence-corrected chi connectivity index (χ4v) is 3.85. The maximum atomic E-state index is 13.2. The Balaban J connectivity index is 2.13. The number of halogens is 1. The molecule has 0 aliphatic rings. The first-order valence-electron chi connectivity index (χ1n) is 11.4. The smallest absolute Gasteiger partial charge is 0.261 e. The lowest BCUT2D eigenvalue weighted by Crippen LogP contribution is -2.51. The number of unbranched alkanes of at least 4 members (excludes halogenated alkanes) is 1. The number of benzene rings is 2. The van der Waals surface area contributed by atoms with Crippen molar-refractivity contribution in [2.24, 2.45) is 0 Å². The predicted octanol–water partition coefficient (Wildman–Crippen LogP) is 5.21. The zero-order valence-electron chi connectivity index (χ0n) is 19.6. The highest BCUT2D eigenvalue weighted by molar-refractivity contribution is 9.10. The Labute approximate surface area is 200 Å². The number of aryl methyl sites for hydroxylation is 2. The first-order valence-corrected chi connectivity index (χ1v) is 12.2. The van der Waals surface area contributed by atoms with Crippen LogP contribution in [0.1, 0.15) is 49.8 Å². The molecule has 2 amide bonds. The summed E-state index contributed by atoms with van der Waals surface area (Å²) in [6.45, 7) is 8.99. The third-order valence-electron chi connectivity index (χ3n) is 5.47. The molecule has 5 nitrogen and oxygen atoms in total. The SMILES string of the molecule is CCCCNC(=O)C(CC)N(CCc1ccccc1)C(=O)COc1cc(C)c(Br)c(C)c1. The summed E-state index contributed by atoms with van der Waals surface area (Å²) in [6.07, 6.45) is 3.16. The van der Waals surface area contributed by atoms with Crippen molar-refractivity contribution in [3.63, 3.8) is 0 Å². The second-order valence-corrected chi connectivity index (χ2v) is 8.84. The van der Waals surface area contributed by atoms with E-state index in [0.717, 1.165) is 34.0 Å². The van der Waals surface area contributed by atoms with E-state index in [9.17, 15) is 9.59 Å². The summed E-state index contributed by atoms with van der Waals surface area (Å²) in [4.78, 5) is 27.8. The molecule has 0 aliphatic heterocycles. The molecule has 1 unspecified atom stereocenters. The zero-order chi connectivity index (χ0) is 23.5. The van der Waals surface area contributed by atoms with Crippen LogP contribution in [-0.4, -0.2) is 42.5 Å². The molecule has 2 rings (SSSR count). The lowest BCUT2D eigenvalue weighted by molar-refractivity contribution is -0.142. The fourth-order valence-electron chi connectivity index (χ4n) is 3.62. The molecule has 0 aromatic heterocycles. The van der Waals surface area contributed by atoms with E-state index in [4.69, 9.17) is 4.74 Å². The zero-order valence-corrected chi connectivity index (χ0v) is 21.2. The van der Waals surface area contributed by atoms with Gasteiger partial charge in [-0.3, -0.25) is 9.59 Å². The van der Waals surface area contributed by atoms with Gasteiger partial charge in [0.05, 0.1) is 0 Å². The summed E-state index contributed by atoms with van der Waals surface area (Å²) in [5, 5.41) is 2.98. The maximum Gasteiger partial charge on any atom is 0.261 e. The Morgan fingerprint density at radius 1 is 1.09 bits per heavy atom. The molecule has 0 aliphatic carbocycles. The minimum Gasteiger partial charge on any atom is -0.484 e. The van der Waals surface area contributed by atoms with Crippen molar-refractivity contribution >= 4 is 27.7 Å². The number of ether oxygens (including phenoxy) is 1.